The molecule has 8 nitrogen and oxygen atoms in total. The minimum atomic E-state index is -0.947. The number of carbonyl (C=O) groups is 3. The quantitative estimate of drug-likeness (QED) is 0.222. The largest absolute Gasteiger partial charge is 0.462 e. The number of rotatable bonds is 6. The van der Waals surface area contributed by atoms with Gasteiger partial charge in [-0.2, -0.15) is 5.10 Å². The SMILES string of the molecule is CCOC(=O)c1ccc(NC(=O)C(=O)N/N=C\c2cc(C)n(-c3cc(Cl)ccc3Cl)c2C)cc1. The molecular formula is C24H22Cl2N4O4. The van der Waals surface area contributed by atoms with E-state index in [1.54, 1.807) is 25.1 Å². The Bertz CT molecular complexity index is 1270. The number of aromatic nitrogens is 1. The Balaban J connectivity index is 1.64. The van der Waals surface area contributed by atoms with E-state index in [4.69, 9.17) is 27.9 Å². The van der Waals surface area contributed by atoms with Crippen molar-refractivity contribution in [2.45, 2.75) is 20.8 Å². The van der Waals surface area contributed by atoms with E-state index in [2.05, 4.69) is 15.8 Å². The molecule has 1 aromatic heterocycles. The lowest BCUT2D eigenvalue weighted by Crippen LogP contribution is -2.32. The third-order valence-corrected chi connectivity index (χ3v) is 5.40. The van der Waals surface area contributed by atoms with Crippen LogP contribution in [0.5, 0.6) is 0 Å². The summed E-state index contributed by atoms with van der Waals surface area (Å²) >= 11 is 12.4. The first kappa shape index (κ1) is 25.0. The summed E-state index contributed by atoms with van der Waals surface area (Å²) in [5.74, 6) is -2.32. The number of amides is 2. The lowest BCUT2D eigenvalue weighted by atomic mass is 10.2. The number of esters is 1. The molecule has 176 valence electrons. The molecule has 0 bridgehead atoms. The molecule has 0 aliphatic heterocycles. The molecule has 0 unspecified atom stereocenters. The molecule has 10 heteroatoms. The van der Waals surface area contributed by atoms with Gasteiger partial charge in [0.15, 0.2) is 0 Å². The molecule has 2 N–H and O–H groups in total. The third kappa shape index (κ3) is 5.84. The molecule has 0 saturated heterocycles. The van der Waals surface area contributed by atoms with E-state index in [0.717, 1.165) is 22.6 Å². The third-order valence-electron chi connectivity index (χ3n) is 4.85. The average Bonchev–Trinajstić information content (AvgIpc) is 3.08. The monoisotopic (exact) mass is 500 g/mol. The number of hydrazone groups is 1. The van der Waals surface area contributed by atoms with Gasteiger partial charge in [0.25, 0.3) is 0 Å². The van der Waals surface area contributed by atoms with Crippen LogP contribution < -0.4 is 10.7 Å². The summed E-state index contributed by atoms with van der Waals surface area (Å²) in [5.41, 5.74) is 6.05. The van der Waals surface area contributed by atoms with Gasteiger partial charge in [-0.15, -0.1) is 0 Å². The predicted molar refractivity (Wildman–Crippen MR) is 132 cm³/mol. The standard InChI is InChI=1S/C24H22Cl2N4O4/c1-4-34-24(33)16-5-8-19(9-6-16)28-22(31)23(32)29-27-13-17-11-14(2)30(15(17)3)21-12-18(25)7-10-20(21)26/h5-13H,4H2,1-3H3,(H,28,31)(H,29,32)/b27-13-. The summed E-state index contributed by atoms with van der Waals surface area (Å²) in [5, 5.41) is 7.42. The first-order valence-corrected chi connectivity index (χ1v) is 11.0. The molecule has 0 radical (unpaired) electrons. The van der Waals surface area contributed by atoms with Gasteiger partial charge in [0.2, 0.25) is 0 Å². The van der Waals surface area contributed by atoms with E-state index in [-0.39, 0.29) is 6.61 Å². The van der Waals surface area contributed by atoms with Crippen LogP contribution >= 0.6 is 23.2 Å². The maximum Gasteiger partial charge on any atom is 0.338 e. The van der Waals surface area contributed by atoms with Crippen LogP contribution in [0.15, 0.2) is 53.6 Å². The zero-order valence-corrected chi connectivity index (χ0v) is 20.2. The summed E-state index contributed by atoms with van der Waals surface area (Å²) < 4.78 is 6.82. The van der Waals surface area contributed by atoms with Crippen molar-refractivity contribution < 1.29 is 19.1 Å². The van der Waals surface area contributed by atoms with Crippen molar-refractivity contribution >= 4 is 52.9 Å². The lowest BCUT2D eigenvalue weighted by molar-refractivity contribution is -0.136. The van der Waals surface area contributed by atoms with Crippen LogP contribution in [-0.2, 0) is 14.3 Å². The molecule has 34 heavy (non-hydrogen) atoms. The fraction of sp³-hybridized carbons (Fsp3) is 0.167. The highest BCUT2D eigenvalue weighted by Crippen LogP contribution is 2.28. The van der Waals surface area contributed by atoms with E-state index < -0.39 is 17.8 Å². The second kappa shape index (κ2) is 11.0. The Morgan fingerprint density at radius 1 is 1.03 bits per heavy atom. The topological polar surface area (TPSA) is 102 Å². The van der Waals surface area contributed by atoms with Gasteiger partial charge in [-0.25, -0.2) is 10.2 Å². The fourth-order valence-electron chi connectivity index (χ4n) is 3.25. The molecule has 0 aliphatic rings. The van der Waals surface area contributed by atoms with Crippen LogP contribution in [0, 0.1) is 13.8 Å². The Kier molecular flexibility index (Phi) is 8.09. The number of benzene rings is 2. The van der Waals surface area contributed by atoms with E-state index in [1.165, 1.54) is 30.5 Å². The van der Waals surface area contributed by atoms with Gasteiger partial charge in [0, 0.05) is 27.7 Å². The number of carbonyl (C=O) groups excluding carboxylic acids is 3. The maximum atomic E-state index is 12.1. The van der Waals surface area contributed by atoms with Crippen LogP contribution in [0.2, 0.25) is 10.0 Å². The molecule has 0 fully saturated rings. The van der Waals surface area contributed by atoms with Crippen molar-refractivity contribution in [3.05, 3.63) is 81.1 Å². The molecule has 2 aromatic carbocycles. The molecule has 0 atom stereocenters. The summed E-state index contributed by atoms with van der Waals surface area (Å²) in [6.45, 7) is 5.75. The Labute approximate surface area is 206 Å². The second-order valence-electron chi connectivity index (χ2n) is 7.21. The minimum Gasteiger partial charge on any atom is -0.462 e. The van der Waals surface area contributed by atoms with Gasteiger partial charge in [-0.1, -0.05) is 23.2 Å². The zero-order valence-electron chi connectivity index (χ0n) is 18.7. The molecule has 3 rings (SSSR count). The van der Waals surface area contributed by atoms with Crippen molar-refractivity contribution in [2.24, 2.45) is 5.10 Å². The molecule has 1 heterocycles. The van der Waals surface area contributed by atoms with Crippen molar-refractivity contribution in [1.82, 2.24) is 9.99 Å². The predicted octanol–water partition coefficient (Wildman–Crippen LogP) is 4.67. The van der Waals surface area contributed by atoms with Crippen LogP contribution in [0.25, 0.3) is 5.69 Å². The molecule has 0 spiro atoms. The van der Waals surface area contributed by atoms with E-state index in [1.807, 2.05) is 24.5 Å². The van der Waals surface area contributed by atoms with Crippen LogP contribution in [-0.4, -0.2) is 35.2 Å². The number of nitrogens with zero attached hydrogens (tertiary/aromatic N) is 2. The number of hydrogen-bond donors (Lipinski definition) is 2. The Morgan fingerprint density at radius 2 is 1.74 bits per heavy atom. The maximum absolute atomic E-state index is 12.1. The number of nitrogens with one attached hydrogen (secondary N) is 2. The number of aryl methyl sites for hydroxylation is 1. The molecule has 0 aliphatic carbocycles. The Hall–Kier alpha value is -3.62. The normalized spacial score (nSPS) is 10.9. The highest BCUT2D eigenvalue weighted by atomic mass is 35.5. The van der Waals surface area contributed by atoms with Crippen LogP contribution in [0.3, 0.4) is 0 Å². The molecule has 0 saturated carbocycles. The van der Waals surface area contributed by atoms with E-state index in [9.17, 15) is 14.4 Å². The van der Waals surface area contributed by atoms with Crippen LogP contribution in [0.4, 0.5) is 5.69 Å². The highest BCUT2D eigenvalue weighted by molar-refractivity contribution is 6.39. The number of halogens is 2. The van der Waals surface area contributed by atoms with E-state index in [0.29, 0.717) is 21.3 Å². The summed E-state index contributed by atoms with van der Waals surface area (Å²) in [7, 11) is 0. The van der Waals surface area contributed by atoms with E-state index >= 15 is 0 Å². The zero-order chi connectivity index (χ0) is 24.8. The first-order chi connectivity index (χ1) is 16.2. The van der Waals surface area contributed by atoms with Gasteiger partial charge in [0.05, 0.1) is 29.1 Å². The fourth-order valence-corrected chi connectivity index (χ4v) is 3.62. The average molecular weight is 501 g/mol. The van der Waals surface area contributed by atoms with Gasteiger partial charge in [-0.05, 0) is 69.3 Å². The molecule has 3 aromatic rings. The summed E-state index contributed by atoms with van der Waals surface area (Å²) in [6.07, 6.45) is 1.44. The lowest BCUT2D eigenvalue weighted by Gasteiger charge is -2.12. The van der Waals surface area contributed by atoms with Gasteiger partial charge in [0.1, 0.15) is 0 Å². The number of ether oxygens (including phenoxy) is 1. The number of anilines is 1. The molecular weight excluding hydrogens is 479 g/mol. The van der Waals surface area contributed by atoms with Gasteiger partial charge in [-0.3, -0.25) is 9.59 Å². The van der Waals surface area contributed by atoms with Crippen LogP contribution in [0.1, 0.15) is 34.2 Å². The van der Waals surface area contributed by atoms with Gasteiger partial charge >= 0.3 is 17.8 Å². The summed E-state index contributed by atoms with van der Waals surface area (Å²) in [6, 6.07) is 13.0. The van der Waals surface area contributed by atoms with Crippen molar-refractivity contribution in [1.29, 1.82) is 0 Å². The summed E-state index contributed by atoms with van der Waals surface area (Å²) in [4.78, 5) is 35.9. The number of hydrogen-bond acceptors (Lipinski definition) is 5. The highest BCUT2D eigenvalue weighted by Gasteiger charge is 2.15. The van der Waals surface area contributed by atoms with Crippen molar-refractivity contribution in [3.63, 3.8) is 0 Å². The minimum absolute atomic E-state index is 0.260. The van der Waals surface area contributed by atoms with Gasteiger partial charge < -0.3 is 14.6 Å². The Morgan fingerprint density at radius 3 is 2.41 bits per heavy atom. The first-order valence-electron chi connectivity index (χ1n) is 10.3. The van der Waals surface area contributed by atoms with Crippen molar-refractivity contribution in [3.8, 4) is 5.69 Å². The van der Waals surface area contributed by atoms with Crippen molar-refractivity contribution in [2.75, 3.05) is 11.9 Å². The molecule has 2 amide bonds. The smallest absolute Gasteiger partial charge is 0.338 e. The second-order valence-corrected chi connectivity index (χ2v) is 8.05.